The maximum absolute atomic E-state index is 12.2. The number of esters is 1. The van der Waals surface area contributed by atoms with Crippen molar-refractivity contribution in [3.63, 3.8) is 0 Å². The Morgan fingerprint density at radius 1 is 1.33 bits per heavy atom. The van der Waals surface area contributed by atoms with Crippen LogP contribution in [-0.2, 0) is 19.1 Å². The van der Waals surface area contributed by atoms with Crippen LogP contribution in [0.2, 0.25) is 0 Å². The second-order valence-corrected chi connectivity index (χ2v) is 5.82. The van der Waals surface area contributed by atoms with Gasteiger partial charge < -0.3 is 9.84 Å². The maximum Gasteiger partial charge on any atom is 0.312 e. The summed E-state index contributed by atoms with van der Waals surface area (Å²) in [6, 6.07) is 0. The quantitative estimate of drug-likeness (QED) is 0.423. The molecular weight excluding hydrogens is 272 g/mol. The first-order chi connectivity index (χ1) is 9.91. The molecule has 0 heterocycles. The van der Waals surface area contributed by atoms with Crippen molar-refractivity contribution >= 4 is 17.7 Å². The number of hydrogen-bond acceptors (Lipinski definition) is 4. The Balaban J connectivity index is 2.43. The number of carbonyl (C=O) groups is 3. The van der Waals surface area contributed by atoms with Gasteiger partial charge in [0.1, 0.15) is 0 Å². The van der Waals surface area contributed by atoms with Crippen LogP contribution < -0.4 is 0 Å². The monoisotopic (exact) mass is 296 g/mol. The molecule has 0 aliphatic heterocycles. The summed E-state index contributed by atoms with van der Waals surface area (Å²) in [6.07, 6.45) is 5.68. The number of rotatable bonds is 8. The van der Waals surface area contributed by atoms with Gasteiger partial charge in [0.25, 0.3) is 0 Å². The zero-order chi connectivity index (χ0) is 15.9. The normalized spacial score (nSPS) is 25.1. The molecule has 5 heteroatoms. The second-order valence-electron chi connectivity index (χ2n) is 5.82. The van der Waals surface area contributed by atoms with Crippen molar-refractivity contribution in [2.24, 2.45) is 11.3 Å². The SMILES string of the molecule is C=CC(=O)CCCCOC(=O)C1(C)CCCCC1C(=O)O. The number of carboxylic acid groups (broad SMARTS) is 1. The van der Waals surface area contributed by atoms with Crippen molar-refractivity contribution in [2.75, 3.05) is 6.61 Å². The molecule has 5 nitrogen and oxygen atoms in total. The summed E-state index contributed by atoms with van der Waals surface area (Å²) in [6.45, 7) is 5.31. The highest BCUT2D eigenvalue weighted by Gasteiger charge is 2.47. The Morgan fingerprint density at radius 2 is 2.05 bits per heavy atom. The zero-order valence-electron chi connectivity index (χ0n) is 12.6. The summed E-state index contributed by atoms with van der Waals surface area (Å²) in [5.74, 6) is -2.04. The fourth-order valence-electron chi connectivity index (χ4n) is 2.81. The van der Waals surface area contributed by atoms with Gasteiger partial charge in [0, 0.05) is 6.42 Å². The van der Waals surface area contributed by atoms with E-state index in [0.29, 0.717) is 32.1 Å². The molecule has 0 radical (unpaired) electrons. The number of carbonyl (C=O) groups excluding carboxylic acids is 2. The molecule has 2 unspecified atom stereocenters. The van der Waals surface area contributed by atoms with Crippen LogP contribution in [-0.4, -0.2) is 29.4 Å². The van der Waals surface area contributed by atoms with Crippen LogP contribution in [0.4, 0.5) is 0 Å². The molecule has 1 N–H and O–H groups in total. The van der Waals surface area contributed by atoms with Crippen LogP contribution in [0.5, 0.6) is 0 Å². The first-order valence-corrected chi connectivity index (χ1v) is 7.47. The van der Waals surface area contributed by atoms with E-state index in [1.54, 1.807) is 6.92 Å². The van der Waals surface area contributed by atoms with E-state index in [-0.39, 0.29) is 12.4 Å². The number of hydrogen-bond donors (Lipinski definition) is 1. The highest BCUT2D eigenvalue weighted by atomic mass is 16.5. The average molecular weight is 296 g/mol. The van der Waals surface area contributed by atoms with Gasteiger partial charge in [-0.15, -0.1) is 0 Å². The number of ether oxygens (including phenoxy) is 1. The van der Waals surface area contributed by atoms with Gasteiger partial charge in [0.15, 0.2) is 5.78 Å². The van der Waals surface area contributed by atoms with Crippen LogP contribution in [0, 0.1) is 11.3 Å². The standard InChI is InChI=1S/C16H24O5/c1-3-12(17)8-5-7-11-21-15(20)16(2)10-6-4-9-13(16)14(18)19/h3,13H,1,4-11H2,2H3,(H,18,19). The van der Waals surface area contributed by atoms with Crippen LogP contribution >= 0.6 is 0 Å². The summed E-state index contributed by atoms with van der Waals surface area (Å²) >= 11 is 0. The van der Waals surface area contributed by atoms with Crippen LogP contribution in [0.15, 0.2) is 12.7 Å². The van der Waals surface area contributed by atoms with Gasteiger partial charge in [-0.05, 0) is 38.7 Å². The Kier molecular flexibility index (Phi) is 6.59. The van der Waals surface area contributed by atoms with Gasteiger partial charge in [0.2, 0.25) is 0 Å². The Hall–Kier alpha value is -1.65. The number of allylic oxidation sites excluding steroid dienone is 1. The molecule has 21 heavy (non-hydrogen) atoms. The fourth-order valence-corrected chi connectivity index (χ4v) is 2.81. The number of unbranched alkanes of at least 4 members (excludes halogenated alkanes) is 1. The smallest absolute Gasteiger partial charge is 0.312 e. The molecule has 0 spiro atoms. The van der Waals surface area contributed by atoms with E-state index in [1.165, 1.54) is 6.08 Å². The molecule has 0 aromatic heterocycles. The minimum atomic E-state index is -0.930. The lowest BCUT2D eigenvalue weighted by molar-refractivity contribution is -0.169. The first-order valence-electron chi connectivity index (χ1n) is 7.47. The third-order valence-electron chi connectivity index (χ3n) is 4.25. The topological polar surface area (TPSA) is 80.7 Å². The highest BCUT2D eigenvalue weighted by molar-refractivity contribution is 5.88. The van der Waals surface area contributed by atoms with E-state index >= 15 is 0 Å². The van der Waals surface area contributed by atoms with Crippen molar-refractivity contribution in [3.8, 4) is 0 Å². The van der Waals surface area contributed by atoms with Gasteiger partial charge in [-0.2, -0.15) is 0 Å². The van der Waals surface area contributed by atoms with Crippen molar-refractivity contribution in [2.45, 2.75) is 51.9 Å². The summed E-state index contributed by atoms with van der Waals surface area (Å²) in [7, 11) is 0. The molecule has 0 aromatic carbocycles. The molecule has 1 rings (SSSR count). The van der Waals surface area contributed by atoms with Crippen molar-refractivity contribution in [1.82, 2.24) is 0 Å². The van der Waals surface area contributed by atoms with Crippen molar-refractivity contribution < 1.29 is 24.2 Å². The summed E-state index contributed by atoms with van der Waals surface area (Å²) < 4.78 is 5.24. The molecule has 1 saturated carbocycles. The van der Waals surface area contributed by atoms with Crippen LogP contribution in [0.25, 0.3) is 0 Å². The molecule has 0 bridgehead atoms. The van der Waals surface area contributed by atoms with Crippen LogP contribution in [0.3, 0.4) is 0 Å². The van der Waals surface area contributed by atoms with E-state index in [1.807, 2.05) is 0 Å². The Morgan fingerprint density at radius 3 is 2.67 bits per heavy atom. The molecule has 1 aliphatic rings. The van der Waals surface area contributed by atoms with Gasteiger partial charge in [-0.25, -0.2) is 0 Å². The zero-order valence-corrected chi connectivity index (χ0v) is 12.6. The number of carboxylic acids is 1. The summed E-state index contributed by atoms with van der Waals surface area (Å²) in [4.78, 5) is 34.6. The lowest BCUT2D eigenvalue weighted by Crippen LogP contribution is -2.43. The number of aliphatic carboxylic acids is 1. The number of ketones is 1. The Bertz CT molecular complexity index is 415. The predicted molar refractivity (Wildman–Crippen MR) is 77.7 cm³/mol. The highest BCUT2D eigenvalue weighted by Crippen LogP contribution is 2.42. The molecule has 0 saturated heterocycles. The van der Waals surface area contributed by atoms with E-state index in [4.69, 9.17) is 4.74 Å². The largest absolute Gasteiger partial charge is 0.481 e. The van der Waals surface area contributed by atoms with E-state index in [2.05, 4.69) is 6.58 Å². The summed E-state index contributed by atoms with van der Waals surface area (Å²) in [5, 5.41) is 9.27. The van der Waals surface area contributed by atoms with Crippen molar-refractivity contribution in [3.05, 3.63) is 12.7 Å². The third-order valence-corrected chi connectivity index (χ3v) is 4.25. The summed E-state index contributed by atoms with van der Waals surface area (Å²) in [5.41, 5.74) is -0.930. The minimum Gasteiger partial charge on any atom is -0.481 e. The lowest BCUT2D eigenvalue weighted by atomic mass is 9.67. The molecule has 118 valence electrons. The second kappa shape index (κ2) is 7.96. The molecule has 0 amide bonds. The van der Waals surface area contributed by atoms with E-state index < -0.39 is 23.3 Å². The van der Waals surface area contributed by atoms with Gasteiger partial charge in [0.05, 0.1) is 17.9 Å². The first kappa shape index (κ1) is 17.4. The Labute approximate surface area is 125 Å². The molecule has 1 fully saturated rings. The van der Waals surface area contributed by atoms with Gasteiger partial charge >= 0.3 is 11.9 Å². The molecule has 2 atom stereocenters. The van der Waals surface area contributed by atoms with Gasteiger partial charge in [-0.3, -0.25) is 14.4 Å². The average Bonchev–Trinajstić information content (AvgIpc) is 2.46. The van der Waals surface area contributed by atoms with E-state index in [9.17, 15) is 19.5 Å². The molecule has 0 aromatic rings. The fraction of sp³-hybridized carbons (Fsp3) is 0.688. The molecule has 1 aliphatic carbocycles. The van der Waals surface area contributed by atoms with Gasteiger partial charge in [-0.1, -0.05) is 19.4 Å². The van der Waals surface area contributed by atoms with E-state index in [0.717, 1.165) is 12.8 Å². The maximum atomic E-state index is 12.2. The molecular formula is C16H24O5. The minimum absolute atomic E-state index is 0.0217. The third kappa shape index (κ3) is 4.69. The van der Waals surface area contributed by atoms with Crippen LogP contribution in [0.1, 0.15) is 51.9 Å². The lowest BCUT2D eigenvalue weighted by Gasteiger charge is -2.36. The predicted octanol–water partition coefficient (Wildman–Crippen LogP) is 2.74. The van der Waals surface area contributed by atoms with Crippen molar-refractivity contribution in [1.29, 1.82) is 0 Å².